The zero-order chi connectivity index (χ0) is 13.7. The minimum atomic E-state index is -0.397. The molecule has 1 unspecified atom stereocenters. The lowest BCUT2D eigenvalue weighted by Gasteiger charge is -2.14. The van der Waals surface area contributed by atoms with Gasteiger partial charge < -0.3 is 11.1 Å². The van der Waals surface area contributed by atoms with Crippen LogP contribution >= 0.6 is 0 Å². The molecule has 1 heterocycles. The van der Waals surface area contributed by atoms with Crippen LogP contribution in [0.5, 0.6) is 0 Å². The summed E-state index contributed by atoms with van der Waals surface area (Å²) in [5.74, 6) is -0.397. The maximum Gasteiger partial charge on any atom is 0.248 e. The summed E-state index contributed by atoms with van der Waals surface area (Å²) in [7, 11) is 0. The Morgan fingerprint density at radius 1 is 1.47 bits per heavy atom. The topological polar surface area (TPSA) is 72.9 Å². The van der Waals surface area contributed by atoms with Crippen LogP contribution in [0.3, 0.4) is 0 Å². The van der Waals surface area contributed by atoms with E-state index in [1.165, 1.54) is 0 Å². The summed E-state index contributed by atoms with van der Waals surface area (Å²) in [4.78, 5) is 11.1. The van der Waals surface area contributed by atoms with E-state index in [2.05, 4.69) is 17.3 Å². The van der Waals surface area contributed by atoms with Gasteiger partial charge in [0.1, 0.15) is 0 Å². The maximum atomic E-state index is 11.1. The standard InChI is InChI=1S/C14H18N4O/c1-11(10-18-7-3-6-17-18)16-9-12-4-2-5-13(8-12)14(15)19/h2-8,11,16H,9-10H2,1H3,(H2,15,19). The van der Waals surface area contributed by atoms with Crippen molar-refractivity contribution in [3.8, 4) is 0 Å². The van der Waals surface area contributed by atoms with Gasteiger partial charge in [-0.1, -0.05) is 12.1 Å². The van der Waals surface area contributed by atoms with E-state index in [4.69, 9.17) is 5.73 Å². The van der Waals surface area contributed by atoms with Gasteiger partial charge in [0.05, 0.1) is 6.54 Å². The normalized spacial score (nSPS) is 12.3. The SMILES string of the molecule is CC(Cn1cccn1)NCc1cccc(C(N)=O)c1. The largest absolute Gasteiger partial charge is 0.366 e. The van der Waals surface area contributed by atoms with Gasteiger partial charge in [-0.05, 0) is 30.7 Å². The summed E-state index contributed by atoms with van der Waals surface area (Å²) in [6.07, 6.45) is 3.70. The molecule has 0 radical (unpaired) electrons. The molecule has 0 saturated heterocycles. The van der Waals surface area contributed by atoms with Crippen molar-refractivity contribution in [1.29, 1.82) is 0 Å². The van der Waals surface area contributed by atoms with E-state index in [0.29, 0.717) is 12.1 Å². The van der Waals surface area contributed by atoms with Crippen molar-refractivity contribution in [3.63, 3.8) is 0 Å². The van der Waals surface area contributed by atoms with Gasteiger partial charge in [-0.3, -0.25) is 9.48 Å². The number of nitrogens with one attached hydrogen (secondary N) is 1. The molecular weight excluding hydrogens is 240 g/mol. The molecule has 0 spiro atoms. The molecular formula is C14H18N4O. The molecule has 0 fully saturated rings. The number of carbonyl (C=O) groups excluding carboxylic acids is 1. The van der Waals surface area contributed by atoms with Crippen LogP contribution in [-0.4, -0.2) is 21.7 Å². The van der Waals surface area contributed by atoms with E-state index in [-0.39, 0.29) is 6.04 Å². The fourth-order valence-corrected chi connectivity index (χ4v) is 1.88. The Labute approximate surface area is 112 Å². The lowest BCUT2D eigenvalue weighted by Crippen LogP contribution is -2.30. The van der Waals surface area contributed by atoms with E-state index in [1.54, 1.807) is 12.3 Å². The van der Waals surface area contributed by atoms with Gasteiger partial charge in [0.15, 0.2) is 0 Å². The number of primary amides is 1. The molecule has 1 aromatic heterocycles. The highest BCUT2D eigenvalue weighted by Gasteiger charge is 2.04. The third-order valence-corrected chi connectivity index (χ3v) is 2.89. The Morgan fingerprint density at radius 2 is 2.32 bits per heavy atom. The van der Waals surface area contributed by atoms with Gasteiger partial charge in [-0.25, -0.2) is 0 Å². The molecule has 0 bridgehead atoms. The Bertz CT molecular complexity index is 536. The molecule has 5 nitrogen and oxygen atoms in total. The van der Waals surface area contributed by atoms with Crippen molar-refractivity contribution in [2.75, 3.05) is 0 Å². The second-order valence-electron chi connectivity index (χ2n) is 4.57. The van der Waals surface area contributed by atoms with Crippen LogP contribution in [0.2, 0.25) is 0 Å². The molecule has 5 heteroatoms. The Hall–Kier alpha value is -2.14. The van der Waals surface area contributed by atoms with Crippen LogP contribution in [-0.2, 0) is 13.1 Å². The molecule has 0 saturated carbocycles. The van der Waals surface area contributed by atoms with Crippen LogP contribution in [0, 0.1) is 0 Å². The first-order chi connectivity index (χ1) is 9.15. The van der Waals surface area contributed by atoms with Crippen molar-refractivity contribution in [1.82, 2.24) is 15.1 Å². The minimum absolute atomic E-state index is 0.289. The third-order valence-electron chi connectivity index (χ3n) is 2.89. The van der Waals surface area contributed by atoms with Gasteiger partial charge in [0, 0.05) is 30.5 Å². The van der Waals surface area contributed by atoms with Crippen LogP contribution in [0.1, 0.15) is 22.8 Å². The average molecular weight is 258 g/mol. The lowest BCUT2D eigenvalue weighted by molar-refractivity contribution is 0.1000. The zero-order valence-corrected chi connectivity index (χ0v) is 10.9. The first-order valence-electron chi connectivity index (χ1n) is 6.24. The predicted molar refractivity (Wildman–Crippen MR) is 73.5 cm³/mol. The second-order valence-corrected chi connectivity index (χ2v) is 4.57. The summed E-state index contributed by atoms with van der Waals surface area (Å²) < 4.78 is 1.89. The first kappa shape index (κ1) is 13.3. The van der Waals surface area contributed by atoms with Crippen LogP contribution in [0.4, 0.5) is 0 Å². The molecule has 2 aromatic rings. The van der Waals surface area contributed by atoms with Crippen molar-refractivity contribution in [2.45, 2.75) is 26.1 Å². The van der Waals surface area contributed by atoms with Gasteiger partial charge >= 0.3 is 0 Å². The van der Waals surface area contributed by atoms with Gasteiger partial charge in [0.2, 0.25) is 5.91 Å². The number of carbonyl (C=O) groups is 1. The number of amides is 1. The Morgan fingerprint density at radius 3 is 3.00 bits per heavy atom. The number of hydrogen-bond donors (Lipinski definition) is 2. The van der Waals surface area contributed by atoms with Gasteiger partial charge in [-0.15, -0.1) is 0 Å². The highest BCUT2D eigenvalue weighted by Crippen LogP contribution is 2.05. The molecule has 1 aromatic carbocycles. The maximum absolute atomic E-state index is 11.1. The highest BCUT2D eigenvalue weighted by molar-refractivity contribution is 5.92. The summed E-state index contributed by atoms with van der Waals surface area (Å²) in [6.45, 7) is 3.60. The molecule has 1 amide bonds. The van der Waals surface area contributed by atoms with E-state index < -0.39 is 5.91 Å². The van der Waals surface area contributed by atoms with Crippen molar-refractivity contribution >= 4 is 5.91 Å². The summed E-state index contributed by atoms with van der Waals surface area (Å²) >= 11 is 0. The first-order valence-corrected chi connectivity index (χ1v) is 6.24. The van der Waals surface area contributed by atoms with Crippen LogP contribution < -0.4 is 11.1 Å². The van der Waals surface area contributed by atoms with Crippen molar-refractivity contribution in [2.24, 2.45) is 5.73 Å². The van der Waals surface area contributed by atoms with E-state index in [9.17, 15) is 4.79 Å². The molecule has 19 heavy (non-hydrogen) atoms. The Kier molecular flexibility index (Phi) is 4.30. The molecule has 2 rings (SSSR count). The number of hydrogen-bond acceptors (Lipinski definition) is 3. The third kappa shape index (κ3) is 3.93. The molecule has 1 atom stereocenters. The highest BCUT2D eigenvalue weighted by atomic mass is 16.1. The number of benzene rings is 1. The van der Waals surface area contributed by atoms with Crippen LogP contribution in [0.15, 0.2) is 42.7 Å². The number of nitrogens with two attached hydrogens (primary N) is 1. The molecule has 100 valence electrons. The monoisotopic (exact) mass is 258 g/mol. The quantitative estimate of drug-likeness (QED) is 0.816. The smallest absolute Gasteiger partial charge is 0.248 e. The van der Waals surface area contributed by atoms with Crippen molar-refractivity contribution in [3.05, 3.63) is 53.9 Å². The fraction of sp³-hybridized carbons (Fsp3) is 0.286. The average Bonchev–Trinajstić information content (AvgIpc) is 2.89. The van der Waals surface area contributed by atoms with E-state index in [0.717, 1.165) is 12.1 Å². The molecule has 3 N–H and O–H groups in total. The van der Waals surface area contributed by atoms with Gasteiger partial charge in [0.25, 0.3) is 0 Å². The second kappa shape index (κ2) is 6.15. The van der Waals surface area contributed by atoms with Crippen LogP contribution in [0.25, 0.3) is 0 Å². The molecule has 0 aliphatic heterocycles. The summed E-state index contributed by atoms with van der Waals surface area (Å²) in [5.41, 5.74) is 6.84. The van der Waals surface area contributed by atoms with E-state index in [1.807, 2.05) is 35.1 Å². The Balaban J connectivity index is 1.88. The van der Waals surface area contributed by atoms with Crippen molar-refractivity contribution < 1.29 is 4.79 Å². The summed E-state index contributed by atoms with van der Waals surface area (Å²) in [5, 5.41) is 7.55. The minimum Gasteiger partial charge on any atom is -0.366 e. The zero-order valence-electron chi connectivity index (χ0n) is 10.9. The van der Waals surface area contributed by atoms with Gasteiger partial charge in [-0.2, -0.15) is 5.10 Å². The number of nitrogens with zero attached hydrogens (tertiary/aromatic N) is 2. The predicted octanol–water partition coefficient (Wildman–Crippen LogP) is 1.16. The number of rotatable bonds is 6. The fourth-order valence-electron chi connectivity index (χ4n) is 1.88. The molecule has 0 aliphatic rings. The summed E-state index contributed by atoms with van der Waals surface area (Å²) in [6, 6.07) is 9.55. The van der Waals surface area contributed by atoms with E-state index >= 15 is 0 Å². The number of aromatic nitrogens is 2. The molecule has 0 aliphatic carbocycles. The lowest BCUT2D eigenvalue weighted by atomic mass is 10.1.